The zero-order chi connectivity index (χ0) is 28.8. The third kappa shape index (κ3) is 11.0. The van der Waals surface area contributed by atoms with Crippen LogP contribution in [-0.4, -0.2) is 86.1 Å². The van der Waals surface area contributed by atoms with Crippen molar-refractivity contribution in [2.24, 2.45) is 5.41 Å². The summed E-state index contributed by atoms with van der Waals surface area (Å²) in [5, 5.41) is 31.1. The highest BCUT2D eigenvalue weighted by Crippen LogP contribution is 2.51. The summed E-state index contributed by atoms with van der Waals surface area (Å²) in [7, 11) is -0.989. The molecule has 1 saturated heterocycles. The van der Waals surface area contributed by atoms with E-state index in [0.717, 1.165) is 24.0 Å². The second-order valence-corrected chi connectivity index (χ2v) is 12.1. The van der Waals surface area contributed by atoms with Crippen molar-refractivity contribution in [3.8, 4) is 0 Å². The van der Waals surface area contributed by atoms with Crippen molar-refractivity contribution in [2.45, 2.75) is 77.8 Å². The van der Waals surface area contributed by atoms with Gasteiger partial charge in [-0.3, -0.25) is 9.36 Å². The molecule has 0 aromatic heterocycles. The molecule has 1 aliphatic heterocycles. The van der Waals surface area contributed by atoms with Gasteiger partial charge in [-0.05, 0) is 47.0 Å². The molecular weight excluding hydrogens is 515 g/mol. The molecule has 1 rings (SSSR count). The van der Waals surface area contributed by atoms with E-state index in [1.54, 1.807) is 13.8 Å². The molecule has 38 heavy (non-hydrogen) atoms. The van der Waals surface area contributed by atoms with E-state index in [2.05, 4.69) is 0 Å². The fourth-order valence-electron chi connectivity index (χ4n) is 4.08. The largest absolute Gasteiger partial charge is 0.465 e. The fraction of sp³-hybridized carbons (Fsp3) is 0.741. The van der Waals surface area contributed by atoms with Crippen molar-refractivity contribution in [1.82, 2.24) is 0 Å². The lowest BCUT2D eigenvalue weighted by Gasteiger charge is -2.35. The number of allylic oxidation sites excluding steroid dienone is 5. The van der Waals surface area contributed by atoms with Crippen LogP contribution < -0.4 is 0 Å². The van der Waals surface area contributed by atoms with Crippen LogP contribution in [0.3, 0.4) is 0 Å². The molecule has 11 heteroatoms. The van der Waals surface area contributed by atoms with Gasteiger partial charge in [0, 0.05) is 27.1 Å². The van der Waals surface area contributed by atoms with Crippen LogP contribution >= 0.6 is 7.60 Å². The first-order valence-electron chi connectivity index (χ1n) is 13.0. The molecule has 10 nitrogen and oxygen atoms in total. The Morgan fingerprint density at radius 1 is 1.13 bits per heavy atom. The third-order valence-corrected chi connectivity index (χ3v) is 8.61. The van der Waals surface area contributed by atoms with Gasteiger partial charge in [0.25, 0.3) is 0 Å². The highest BCUT2D eigenvalue weighted by Gasteiger charge is 2.47. The molecule has 0 amide bonds. The average Bonchev–Trinajstić information content (AvgIpc) is 3.33. The van der Waals surface area contributed by atoms with Crippen molar-refractivity contribution < 1.29 is 47.9 Å². The van der Waals surface area contributed by atoms with Gasteiger partial charge in [0.15, 0.2) is 5.79 Å². The van der Waals surface area contributed by atoms with Crippen LogP contribution in [0.2, 0.25) is 0 Å². The first kappa shape index (κ1) is 34.7. The maximum absolute atomic E-state index is 12.9. The number of unbranched alkanes of at least 4 members (excludes halogenated alkanes) is 1. The van der Waals surface area contributed by atoms with E-state index in [1.807, 2.05) is 38.2 Å². The van der Waals surface area contributed by atoms with Crippen LogP contribution in [0.25, 0.3) is 0 Å². The molecule has 1 aliphatic rings. The van der Waals surface area contributed by atoms with Gasteiger partial charge in [0.05, 0.1) is 44.1 Å². The van der Waals surface area contributed by atoms with E-state index in [1.165, 1.54) is 14.2 Å². The van der Waals surface area contributed by atoms with Crippen LogP contribution in [0.15, 0.2) is 35.5 Å². The summed E-state index contributed by atoms with van der Waals surface area (Å²) in [6.45, 7) is 7.78. The molecule has 3 N–H and O–H groups in total. The summed E-state index contributed by atoms with van der Waals surface area (Å²) < 4.78 is 39.4. The van der Waals surface area contributed by atoms with Crippen LogP contribution in [0, 0.1) is 5.41 Å². The normalized spacial score (nSPS) is 19.9. The zero-order valence-corrected chi connectivity index (χ0v) is 24.6. The van der Waals surface area contributed by atoms with Crippen LogP contribution in [0.5, 0.6) is 0 Å². The van der Waals surface area contributed by atoms with Gasteiger partial charge in [-0.15, -0.1) is 0 Å². The van der Waals surface area contributed by atoms with Crippen molar-refractivity contribution in [2.75, 3.05) is 46.8 Å². The number of carbonyl (C=O) groups is 1. The maximum Gasteiger partial charge on any atom is 0.335 e. The first-order chi connectivity index (χ1) is 17.9. The van der Waals surface area contributed by atoms with Gasteiger partial charge in [-0.1, -0.05) is 35.5 Å². The Morgan fingerprint density at radius 3 is 2.32 bits per heavy atom. The molecule has 0 spiro atoms. The number of hydrogen-bond acceptors (Lipinski definition) is 10. The number of rotatable bonds is 18. The second kappa shape index (κ2) is 16.7. The van der Waals surface area contributed by atoms with E-state index in [4.69, 9.17) is 28.4 Å². The van der Waals surface area contributed by atoms with E-state index in [-0.39, 0.29) is 51.9 Å². The average molecular weight is 563 g/mol. The van der Waals surface area contributed by atoms with E-state index >= 15 is 0 Å². The SMILES string of the molecule is CCOC(=O)C(C)(C/C=C(C)/C=C/CC/C=C(\C)CO)[C@H](O)C[C@H](O)CC1(CP(=O)(OC)OC)OCCO1. The zero-order valence-electron chi connectivity index (χ0n) is 23.7. The van der Waals surface area contributed by atoms with Gasteiger partial charge in [-0.2, -0.15) is 0 Å². The Bertz CT molecular complexity index is 854. The third-order valence-electron chi connectivity index (χ3n) is 6.63. The fourth-order valence-corrected chi connectivity index (χ4v) is 5.39. The quantitative estimate of drug-likeness (QED) is 0.0740. The standard InChI is InChI=1S/C27H47O10P/c1-7-35-25(31)26(4,14-13-21(2)11-9-8-10-12-22(3)19-28)24(30)17-23(29)18-27(36-15-16-37-27)20-38(32,33-5)34-6/h9,11-13,23-24,28-30H,7-8,10,14-20H2,1-6H3/b11-9+,21-13+,22-12+/t23-,24+,26?/m0/s1. The minimum atomic E-state index is -3.51. The van der Waals surface area contributed by atoms with Crippen molar-refractivity contribution >= 4 is 13.6 Å². The Morgan fingerprint density at radius 2 is 1.76 bits per heavy atom. The number of carbonyl (C=O) groups excluding carboxylic acids is 1. The Balaban J connectivity index is 2.94. The highest BCUT2D eigenvalue weighted by atomic mass is 31.2. The van der Waals surface area contributed by atoms with Crippen LogP contribution in [0.1, 0.15) is 59.8 Å². The Labute approximate surface area is 227 Å². The van der Waals surface area contributed by atoms with Crippen molar-refractivity contribution in [1.29, 1.82) is 0 Å². The molecule has 1 unspecified atom stereocenters. The van der Waals surface area contributed by atoms with Gasteiger partial charge in [0.1, 0.15) is 6.16 Å². The second-order valence-electron chi connectivity index (χ2n) is 9.83. The predicted molar refractivity (Wildman–Crippen MR) is 145 cm³/mol. The molecule has 1 heterocycles. The monoisotopic (exact) mass is 562 g/mol. The molecule has 0 bridgehead atoms. The lowest BCUT2D eigenvalue weighted by molar-refractivity contribution is -0.171. The molecule has 0 aromatic carbocycles. The van der Waals surface area contributed by atoms with E-state index in [9.17, 15) is 19.6 Å². The molecular formula is C27H47O10P. The van der Waals surface area contributed by atoms with Crippen LogP contribution in [0.4, 0.5) is 0 Å². The van der Waals surface area contributed by atoms with Gasteiger partial charge >= 0.3 is 13.6 Å². The summed E-state index contributed by atoms with van der Waals surface area (Å²) in [4.78, 5) is 12.9. The molecule has 220 valence electrons. The van der Waals surface area contributed by atoms with Crippen molar-refractivity contribution in [3.63, 3.8) is 0 Å². The smallest absolute Gasteiger partial charge is 0.335 e. The van der Waals surface area contributed by atoms with Crippen molar-refractivity contribution in [3.05, 3.63) is 35.5 Å². The van der Waals surface area contributed by atoms with E-state index in [0.29, 0.717) is 0 Å². The minimum absolute atomic E-state index is 0.0499. The Kier molecular flexibility index (Phi) is 15.2. The Hall–Kier alpha value is -1.36. The minimum Gasteiger partial charge on any atom is -0.465 e. The van der Waals surface area contributed by atoms with E-state index < -0.39 is 37.0 Å². The molecule has 0 aromatic rings. The summed E-state index contributed by atoms with van der Waals surface area (Å²) in [5.41, 5.74) is 0.527. The number of hydrogen-bond donors (Lipinski definition) is 3. The topological polar surface area (TPSA) is 141 Å². The number of ether oxygens (including phenoxy) is 3. The molecule has 3 atom stereocenters. The lowest BCUT2D eigenvalue weighted by atomic mass is 9.77. The van der Waals surface area contributed by atoms with Crippen LogP contribution in [-0.2, 0) is 32.6 Å². The summed E-state index contributed by atoms with van der Waals surface area (Å²) >= 11 is 0. The maximum atomic E-state index is 12.9. The highest BCUT2D eigenvalue weighted by molar-refractivity contribution is 7.53. The predicted octanol–water partition coefficient (Wildman–Crippen LogP) is 3.90. The molecule has 0 aliphatic carbocycles. The van der Waals surface area contributed by atoms with Gasteiger partial charge < -0.3 is 38.6 Å². The summed E-state index contributed by atoms with van der Waals surface area (Å²) in [5.74, 6) is -1.96. The summed E-state index contributed by atoms with van der Waals surface area (Å²) in [6, 6.07) is 0. The number of esters is 1. The summed E-state index contributed by atoms with van der Waals surface area (Å²) in [6.07, 6.45) is 6.74. The first-order valence-corrected chi connectivity index (χ1v) is 14.7. The van der Waals surface area contributed by atoms with Gasteiger partial charge in [-0.25, -0.2) is 0 Å². The molecule has 0 radical (unpaired) electrons. The number of aliphatic hydroxyl groups is 3. The number of aliphatic hydroxyl groups excluding tert-OH is 3. The molecule has 0 saturated carbocycles. The lowest BCUT2D eigenvalue weighted by Crippen LogP contribution is -2.45. The molecule has 1 fully saturated rings. The van der Waals surface area contributed by atoms with Gasteiger partial charge in [0.2, 0.25) is 0 Å².